The van der Waals surface area contributed by atoms with Crippen LogP contribution in [0.1, 0.15) is 12.0 Å². The highest BCUT2D eigenvalue weighted by Gasteiger charge is 2.05. The van der Waals surface area contributed by atoms with Crippen LogP contribution in [0.15, 0.2) is 36.4 Å². The van der Waals surface area contributed by atoms with Crippen LogP contribution in [0.3, 0.4) is 0 Å². The third-order valence-corrected chi connectivity index (χ3v) is 3.32. The number of hydrogen-bond acceptors (Lipinski definition) is 4. The molecule has 0 aliphatic carbocycles. The van der Waals surface area contributed by atoms with Crippen LogP contribution in [0.5, 0.6) is 5.75 Å². The van der Waals surface area contributed by atoms with Crippen LogP contribution in [-0.2, 0) is 16.0 Å². The predicted octanol–water partition coefficient (Wildman–Crippen LogP) is 2.73. The van der Waals surface area contributed by atoms with Crippen LogP contribution in [0, 0.1) is 0 Å². The molecule has 4 heteroatoms. The fourth-order valence-corrected chi connectivity index (χ4v) is 2.26. The first-order valence-electron chi connectivity index (χ1n) is 7.27. The second-order valence-electron chi connectivity index (χ2n) is 4.78. The van der Waals surface area contributed by atoms with Crippen molar-refractivity contribution in [1.29, 1.82) is 0 Å². The molecule has 0 saturated heterocycles. The van der Waals surface area contributed by atoms with Gasteiger partial charge >= 0.3 is 0 Å². The topological polar surface area (TPSA) is 53.7 Å². The van der Waals surface area contributed by atoms with Gasteiger partial charge < -0.3 is 19.9 Å². The van der Waals surface area contributed by atoms with Crippen LogP contribution >= 0.6 is 0 Å². The van der Waals surface area contributed by atoms with Crippen molar-refractivity contribution in [2.75, 3.05) is 33.5 Å². The lowest BCUT2D eigenvalue weighted by molar-refractivity contribution is 0.0810. The van der Waals surface area contributed by atoms with Crippen molar-refractivity contribution < 1.29 is 14.2 Å². The van der Waals surface area contributed by atoms with Gasteiger partial charge in [-0.3, -0.25) is 0 Å². The first-order chi connectivity index (χ1) is 10.4. The van der Waals surface area contributed by atoms with Gasteiger partial charge in [0.05, 0.1) is 6.61 Å². The van der Waals surface area contributed by atoms with Gasteiger partial charge in [0.25, 0.3) is 0 Å². The second kappa shape index (κ2) is 8.62. The molecule has 2 aromatic carbocycles. The molecule has 114 valence electrons. The molecule has 2 N–H and O–H groups in total. The molecule has 0 amide bonds. The van der Waals surface area contributed by atoms with Crippen LogP contribution in [-0.4, -0.2) is 33.5 Å². The molecular formula is C17H23NO3. The monoisotopic (exact) mass is 289 g/mol. The summed E-state index contributed by atoms with van der Waals surface area (Å²) < 4.78 is 16.3. The van der Waals surface area contributed by atoms with Crippen molar-refractivity contribution in [3.63, 3.8) is 0 Å². The maximum absolute atomic E-state index is 5.83. The maximum atomic E-state index is 5.83. The Morgan fingerprint density at radius 2 is 1.71 bits per heavy atom. The van der Waals surface area contributed by atoms with Gasteiger partial charge in [0, 0.05) is 32.3 Å². The number of hydrogen-bond donors (Lipinski definition) is 1. The zero-order valence-electron chi connectivity index (χ0n) is 12.5. The Kier molecular flexibility index (Phi) is 6.47. The summed E-state index contributed by atoms with van der Waals surface area (Å²) in [5, 5.41) is 2.25. The summed E-state index contributed by atoms with van der Waals surface area (Å²) in [5.74, 6) is 0.878. The lowest BCUT2D eigenvalue weighted by Crippen LogP contribution is -2.09. The minimum atomic E-state index is 0.531. The van der Waals surface area contributed by atoms with Crippen LogP contribution in [0.25, 0.3) is 10.8 Å². The van der Waals surface area contributed by atoms with E-state index < -0.39 is 0 Å². The Labute approximate surface area is 125 Å². The normalized spacial score (nSPS) is 11.0. The Hall–Kier alpha value is -1.62. The lowest BCUT2D eigenvalue weighted by atomic mass is 10.0. The van der Waals surface area contributed by atoms with Gasteiger partial charge in [-0.1, -0.05) is 30.3 Å². The smallest absolute Gasteiger partial charge is 0.127 e. The van der Waals surface area contributed by atoms with Gasteiger partial charge in [0.1, 0.15) is 12.4 Å². The van der Waals surface area contributed by atoms with E-state index in [1.54, 1.807) is 7.11 Å². The van der Waals surface area contributed by atoms with Crippen LogP contribution < -0.4 is 10.5 Å². The van der Waals surface area contributed by atoms with E-state index in [4.69, 9.17) is 19.9 Å². The van der Waals surface area contributed by atoms with E-state index >= 15 is 0 Å². The molecule has 0 aliphatic rings. The van der Waals surface area contributed by atoms with Crippen molar-refractivity contribution >= 4 is 10.8 Å². The van der Waals surface area contributed by atoms with Crippen molar-refractivity contribution in [2.24, 2.45) is 5.73 Å². The first-order valence-corrected chi connectivity index (χ1v) is 7.27. The van der Waals surface area contributed by atoms with E-state index in [-0.39, 0.29) is 0 Å². The number of ether oxygens (including phenoxy) is 3. The molecule has 0 heterocycles. The molecule has 0 unspecified atom stereocenters. The highest BCUT2D eigenvalue weighted by Crippen LogP contribution is 2.28. The molecule has 0 saturated carbocycles. The highest BCUT2D eigenvalue weighted by molar-refractivity contribution is 5.91. The van der Waals surface area contributed by atoms with E-state index in [0.29, 0.717) is 26.4 Å². The molecule has 2 aromatic rings. The standard InChI is InChI=1S/C17H23NO3/c1-19-9-4-10-20-11-12-21-17-8-7-14(13-18)15-5-2-3-6-16(15)17/h2-3,5-8H,4,9-13,18H2,1H3. The van der Waals surface area contributed by atoms with Crippen LogP contribution in [0.4, 0.5) is 0 Å². The molecule has 0 spiro atoms. The molecule has 0 radical (unpaired) electrons. The SMILES string of the molecule is COCCCOCCOc1ccc(CN)c2ccccc12. The Morgan fingerprint density at radius 3 is 2.48 bits per heavy atom. The third-order valence-electron chi connectivity index (χ3n) is 3.32. The number of benzene rings is 2. The minimum absolute atomic E-state index is 0.531. The number of nitrogens with two attached hydrogens (primary N) is 1. The van der Waals surface area contributed by atoms with Crippen molar-refractivity contribution in [1.82, 2.24) is 0 Å². The summed E-state index contributed by atoms with van der Waals surface area (Å²) in [6.45, 7) is 3.08. The van der Waals surface area contributed by atoms with E-state index in [0.717, 1.165) is 35.1 Å². The first kappa shape index (κ1) is 15.8. The Balaban J connectivity index is 1.90. The van der Waals surface area contributed by atoms with Crippen molar-refractivity contribution in [3.8, 4) is 5.75 Å². The summed E-state index contributed by atoms with van der Waals surface area (Å²) in [5.41, 5.74) is 6.91. The molecule has 21 heavy (non-hydrogen) atoms. The predicted molar refractivity (Wildman–Crippen MR) is 84.6 cm³/mol. The van der Waals surface area contributed by atoms with Crippen molar-refractivity contribution in [2.45, 2.75) is 13.0 Å². The summed E-state index contributed by atoms with van der Waals surface area (Å²) >= 11 is 0. The molecule has 0 bridgehead atoms. The molecule has 0 fully saturated rings. The molecule has 4 nitrogen and oxygen atoms in total. The summed E-state index contributed by atoms with van der Waals surface area (Å²) in [7, 11) is 1.69. The summed E-state index contributed by atoms with van der Waals surface area (Å²) in [6, 6.07) is 12.2. The highest BCUT2D eigenvalue weighted by atomic mass is 16.5. The Bertz CT molecular complexity index is 557. The second-order valence-corrected chi connectivity index (χ2v) is 4.78. The third kappa shape index (κ3) is 4.43. The van der Waals surface area contributed by atoms with Crippen molar-refractivity contribution in [3.05, 3.63) is 42.0 Å². The number of fused-ring (bicyclic) bond motifs is 1. The largest absolute Gasteiger partial charge is 0.491 e. The fourth-order valence-electron chi connectivity index (χ4n) is 2.26. The molecule has 0 aromatic heterocycles. The van der Waals surface area contributed by atoms with Gasteiger partial charge in [0.2, 0.25) is 0 Å². The van der Waals surface area contributed by atoms with Crippen LogP contribution in [0.2, 0.25) is 0 Å². The molecular weight excluding hydrogens is 266 g/mol. The van der Waals surface area contributed by atoms with E-state index in [1.807, 2.05) is 24.3 Å². The molecule has 0 aliphatic heterocycles. The Morgan fingerprint density at radius 1 is 0.905 bits per heavy atom. The summed E-state index contributed by atoms with van der Waals surface area (Å²) in [4.78, 5) is 0. The average Bonchev–Trinajstić information content (AvgIpc) is 2.54. The average molecular weight is 289 g/mol. The van der Waals surface area contributed by atoms with Gasteiger partial charge in [0.15, 0.2) is 0 Å². The minimum Gasteiger partial charge on any atom is -0.491 e. The zero-order valence-corrected chi connectivity index (χ0v) is 12.5. The quantitative estimate of drug-likeness (QED) is 0.721. The fraction of sp³-hybridized carbons (Fsp3) is 0.412. The van der Waals surface area contributed by atoms with E-state index in [1.165, 1.54) is 0 Å². The van der Waals surface area contributed by atoms with E-state index in [2.05, 4.69) is 12.1 Å². The lowest BCUT2D eigenvalue weighted by Gasteiger charge is -2.12. The maximum Gasteiger partial charge on any atom is 0.127 e. The van der Waals surface area contributed by atoms with E-state index in [9.17, 15) is 0 Å². The number of rotatable bonds is 9. The van der Waals surface area contributed by atoms with Gasteiger partial charge in [-0.15, -0.1) is 0 Å². The zero-order chi connectivity index (χ0) is 14.9. The molecule has 0 atom stereocenters. The molecule has 2 rings (SSSR count). The van der Waals surface area contributed by atoms with Gasteiger partial charge in [-0.05, 0) is 23.4 Å². The summed E-state index contributed by atoms with van der Waals surface area (Å²) in [6.07, 6.45) is 0.907. The number of methoxy groups -OCH3 is 1. The van der Waals surface area contributed by atoms with Gasteiger partial charge in [-0.25, -0.2) is 0 Å². The van der Waals surface area contributed by atoms with Gasteiger partial charge in [-0.2, -0.15) is 0 Å².